The van der Waals surface area contributed by atoms with Gasteiger partial charge in [-0.3, -0.25) is 9.59 Å². The van der Waals surface area contributed by atoms with E-state index in [-0.39, 0.29) is 11.3 Å². The van der Waals surface area contributed by atoms with E-state index >= 15 is 0 Å². The van der Waals surface area contributed by atoms with Gasteiger partial charge in [0, 0.05) is 12.1 Å². The van der Waals surface area contributed by atoms with E-state index in [4.69, 9.17) is 9.47 Å². The van der Waals surface area contributed by atoms with E-state index in [1.807, 2.05) is 67.6 Å². The zero-order valence-electron chi connectivity index (χ0n) is 22.8. The van der Waals surface area contributed by atoms with Crippen LogP contribution in [0.5, 0.6) is 11.5 Å². The average molecular weight is 528 g/mol. The van der Waals surface area contributed by atoms with Gasteiger partial charge >= 0.3 is 0 Å². The predicted octanol–water partition coefficient (Wildman–Crippen LogP) is 6.71. The summed E-state index contributed by atoms with van der Waals surface area (Å²) in [6.07, 6.45) is 4.65. The van der Waals surface area contributed by atoms with Crippen molar-refractivity contribution in [1.29, 1.82) is 0 Å². The lowest BCUT2D eigenvalue weighted by atomic mass is 9.95. The number of ketones is 1. The Kier molecular flexibility index (Phi) is 9.79. The molecule has 0 spiro atoms. The summed E-state index contributed by atoms with van der Waals surface area (Å²) in [5, 5.41) is 11.4. The van der Waals surface area contributed by atoms with Crippen molar-refractivity contribution >= 4 is 17.4 Å². The van der Waals surface area contributed by atoms with Crippen LogP contribution < -0.4 is 9.47 Å². The van der Waals surface area contributed by atoms with Crippen LogP contribution in [0.25, 0.3) is 5.76 Å². The van der Waals surface area contributed by atoms with Gasteiger partial charge in [0.25, 0.3) is 11.7 Å². The largest absolute Gasteiger partial charge is 0.507 e. The molecule has 0 aromatic heterocycles. The predicted molar refractivity (Wildman–Crippen MR) is 153 cm³/mol. The fourth-order valence-corrected chi connectivity index (χ4v) is 4.75. The van der Waals surface area contributed by atoms with E-state index in [2.05, 4.69) is 6.92 Å². The SMILES string of the molecule is CCCCCOc1ccc(C2/C(=C(\O)c3cccc(OCCC)c3)C(=O)C(=O)N2CCc2ccccc2)cc1. The number of hydrogen-bond acceptors (Lipinski definition) is 5. The zero-order chi connectivity index (χ0) is 27.6. The van der Waals surface area contributed by atoms with E-state index < -0.39 is 17.7 Å². The summed E-state index contributed by atoms with van der Waals surface area (Å²) in [6.45, 7) is 5.69. The van der Waals surface area contributed by atoms with Crippen molar-refractivity contribution < 1.29 is 24.2 Å². The summed E-state index contributed by atoms with van der Waals surface area (Å²) >= 11 is 0. The first-order valence-electron chi connectivity index (χ1n) is 13.8. The van der Waals surface area contributed by atoms with Crippen molar-refractivity contribution in [1.82, 2.24) is 4.90 Å². The number of aliphatic hydroxyl groups excluding tert-OH is 1. The fourth-order valence-electron chi connectivity index (χ4n) is 4.75. The Morgan fingerprint density at radius 1 is 0.821 bits per heavy atom. The minimum Gasteiger partial charge on any atom is -0.507 e. The molecule has 0 radical (unpaired) electrons. The van der Waals surface area contributed by atoms with Crippen molar-refractivity contribution in [2.75, 3.05) is 19.8 Å². The van der Waals surface area contributed by atoms with Crippen molar-refractivity contribution in [2.24, 2.45) is 0 Å². The number of benzene rings is 3. The molecule has 1 atom stereocenters. The van der Waals surface area contributed by atoms with Gasteiger partial charge < -0.3 is 19.5 Å². The third-order valence-corrected chi connectivity index (χ3v) is 6.82. The Morgan fingerprint density at radius 3 is 2.28 bits per heavy atom. The van der Waals surface area contributed by atoms with Crippen LogP contribution in [-0.2, 0) is 16.0 Å². The number of ether oxygens (including phenoxy) is 2. The van der Waals surface area contributed by atoms with Gasteiger partial charge in [-0.15, -0.1) is 0 Å². The third-order valence-electron chi connectivity index (χ3n) is 6.82. The second-order valence-electron chi connectivity index (χ2n) is 9.73. The lowest BCUT2D eigenvalue weighted by Gasteiger charge is -2.25. The summed E-state index contributed by atoms with van der Waals surface area (Å²) in [6, 6.07) is 23.6. The number of nitrogens with zero attached hydrogens (tertiary/aromatic N) is 1. The second-order valence-corrected chi connectivity index (χ2v) is 9.73. The molecule has 0 bridgehead atoms. The Bertz CT molecular complexity index is 1280. The van der Waals surface area contributed by atoms with E-state index in [9.17, 15) is 14.7 Å². The normalized spacial score (nSPS) is 16.5. The monoisotopic (exact) mass is 527 g/mol. The fraction of sp³-hybridized carbons (Fsp3) is 0.333. The summed E-state index contributed by atoms with van der Waals surface area (Å²) < 4.78 is 11.6. The highest BCUT2D eigenvalue weighted by atomic mass is 16.5. The molecule has 1 aliphatic rings. The van der Waals surface area contributed by atoms with Gasteiger partial charge in [0.15, 0.2) is 0 Å². The lowest BCUT2D eigenvalue weighted by Crippen LogP contribution is -2.31. The Balaban J connectivity index is 1.69. The first kappa shape index (κ1) is 28.0. The minimum atomic E-state index is -0.719. The van der Waals surface area contributed by atoms with Crippen LogP contribution in [0.1, 0.15) is 62.3 Å². The first-order chi connectivity index (χ1) is 19.0. The molecule has 39 heavy (non-hydrogen) atoms. The molecule has 0 saturated carbocycles. The highest BCUT2D eigenvalue weighted by Gasteiger charge is 2.45. The second kappa shape index (κ2) is 13.7. The Labute approximate surface area is 230 Å². The molecule has 0 aliphatic carbocycles. The van der Waals surface area contributed by atoms with Gasteiger partial charge in [0.1, 0.15) is 17.3 Å². The van der Waals surface area contributed by atoms with Crippen LogP contribution in [0.15, 0.2) is 84.4 Å². The maximum Gasteiger partial charge on any atom is 0.295 e. The van der Waals surface area contributed by atoms with Crippen LogP contribution in [-0.4, -0.2) is 41.5 Å². The van der Waals surface area contributed by atoms with Crippen molar-refractivity contribution in [3.63, 3.8) is 0 Å². The molecule has 3 aromatic rings. The quantitative estimate of drug-likeness (QED) is 0.116. The van der Waals surface area contributed by atoms with Gasteiger partial charge in [-0.25, -0.2) is 0 Å². The highest BCUT2D eigenvalue weighted by Crippen LogP contribution is 2.40. The first-order valence-corrected chi connectivity index (χ1v) is 13.8. The minimum absolute atomic E-state index is 0.0808. The lowest BCUT2D eigenvalue weighted by molar-refractivity contribution is -0.139. The molecule has 1 aliphatic heterocycles. The number of aliphatic hydroxyl groups is 1. The molecule has 1 fully saturated rings. The van der Waals surface area contributed by atoms with Crippen LogP contribution in [0.4, 0.5) is 0 Å². The molecule has 1 unspecified atom stereocenters. The number of Topliss-reactive ketones (excluding diaryl/α,β-unsaturated/α-hetero) is 1. The molecule has 1 heterocycles. The Hall–Kier alpha value is -4.06. The van der Waals surface area contributed by atoms with Crippen LogP contribution in [0.3, 0.4) is 0 Å². The smallest absolute Gasteiger partial charge is 0.295 e. The standard InChI is InChI=1S/C33H37NO5/c1-3-5-9-22-39-27-17-15-25(16-18-27)30-29(31(35)26-13-10-14-28(23-26)38-21-4-2)32(36)33(37)34(30)20-19-24-11-7-6-8-12-24/h6-8,10-18,23,30,35H,3-5,9,19-22H2,1-2H3/b31-29+. The number of unbranched alkanes of at least 4 members (excludes halogenated alkanes) is 2. The Morgan fingerprint density at radius 2 is 1.56 bits per heavy atom. The molecule has 6 heteroatoms. The van der Waals surface area contributed by atoms with Crippen LogP contribution in [0.2, 0.25) is 0 Å². The molecular weight excluding hydrogens is 490 g/mol. The van der Waals surface area contributed by atoms with E-state index in [1.165, 1.54) is 0 Å². The number of amides is 1. The summed E-state index contributed by atoms with van der Waals surface area (Å²) in [4.78, 5) is 28.3. The van der Waals surface area contributed by atoms with Gasteiger partial charge in [0.05, 0.1) is 24.8 Å². The molecule has 3 aromatic carbocycles. The number of carbonyl (C=O) groups excluding carboxylic acids is 2. The number of hydrogen-bond donors (Lipinski definition) is 1. The molecule has 6 nitrogen and oxygen atoms in total. The van der Waals surface area contributed by atoms with Crippen LogP contribution >= 0.6 is 0 Å². The zero-order valence-corrected chi connectivity index (χ0v) is 22.8. The van der Waals surface area contributed by atoms with Crippen LogP contribution in [0, 0.1) is 0 Å². The molecule has 1 amide bonds. The topological polar surface area (TPSA) is 76.1 Å². The van der Waals surface area contributed by atoms with Crippen molar-refractivity contribution in [3.8, 4) is 11.5 Å². The summed E-state index contributed by atoms with van der Waals surface area (Å²) in [7, 11) is 0. The maximum atomic E-state index is 13.4. The van der Waals surface area contributed by atoms with Gasteiger partial charge in [0.2, 0.25) is 0 Å². The van der Waals surface area contributed by atoms with Crippen molar-refractivity contribution in [3.05, 3.63) is 101 Å². The summed E-state index contributed by atoms with van der Waals surface area (Å²) in [5.41, 5.74) is 2.32. The van der Waals surface area contributed by atoms with E-state index in [0.29, 0.717) is 37.5 Å². The van der Waals surface area contributed by atoms with Gasteiger partial charge in [-0.05, 0) is 54.7 Å². The van der Waals surface area contributed by atoms with E-state index in [0.717, 1.165) is 42.6 Å². The molecular formula is C33H37NO5. The highest BCUT2D eigenvalue weighted by molar-refractivity contribution is 6.46. The van der Waals surface area contributed by atoms with Crippen molar-refractivity contribution in [2.45, 2.75) is 52.0 Å². The molecule has 4 rings (SSSR count). The van der Waals surface area contributed by atoms with Gasteiger partial charge in [-0.2, -0.15) is 0 Å². The number of likely N-dealkylation sites (tertiary alicyclic amines) is 1. The third kappa shape index (κ3) is 6.88. The molecule has 204 valence electrons. The summed E-state index contributed by atoms with van der Waals surface area (Å²) in [5.74, 6) is -0.180. The number of carbonyl (C=O) groups is 2. The molecule has 1 N–H and O–H groups in total. The van der Waals surface area contributed by atoms with E-state index in [1.54, 1.807) is 23.1 Å². The average Bonchev–Trinajstić information content (AvgIpc) is 3.23. The number of rotatable bonds is 13. The molecule has 1 saturated heterocycles. The van der Waals surface area contributed by atoms with Gasteiger partial charge in [-0.1, -0.05) is 81.3 Å². The maximum absolute atomic E-state index is 13.4.